The minimum absolute atomic E-state index is 0.0997. The Balaban J connectivity index is 1.75. The zero-order valence-electron chi connectivity index (χ0n) is 16.1. The van der Waals surface area contributed by atoms with Crippen LogP contribution in [0.1, 0.15) is 10.4 Å². The van der Waals surface area contributed by atoms with Crippen LogP contribution in [-0.4, -0.2) is 34.2 Å². The summed E-state index contributed by atoms with van der Waals surface area (Å²) in [6, 6.07) is 11.2. The van der Waals surface area contributed by atoms with Crippen LogP contribution in [0, 0.1) is 0 Å². The molecule has 154 valence electrons. The number of hydrogen-bond acceptors (Lipinski definition) is 6. The highest BCUT2D eigenvalue weighted by molar-refractivity contribution is 7.99. The molecule has 0 aliphatic carbocycles. The highest BCUT2D eigenvalue weighted by atomic mass is 35.5. The minimum Gasteiger partial charge on any atom is -0.497 e. The molecule has 0 aliphatic heterocycles. The molecular weight excluding hydrogens is 426 g/mol. The number of thioether (sulfide) groups is 1. The Labute approximate surface area is 181 Å². The number of fused-ring (bicyclic) bond motifs is 1. The van der Waals surface area contributed by atoms with Gasteiger partial charge in [0.05, 0.1) is 23.8 Å². The molecule has 0 aliphatic rings. The van der Waals surface area contributed by atoms with Gasteiger partial charge in [-0.3, -0.25) is 24.3 Å². The lowest BCUT2D eigenvalue weighted by molar-refractivity contribution is -0.117. The van der Waals surface area contributed by atoms with Gasteiger partial charge in [-0.1, -0.05) is 29.4 Å². The number of nitrogens with zero attached hydrogens (tertiary/aromatic N) is 2. The van der Waals surface area contributed by atoms with E-state index in [0.717, 1.165) is 11.8 Å². The summed E-state index contributed by atoms with van der Waals surface area (Å²) in [7, 11) is 1.52. The summed E-state index contributed by atoms with van der Waals surface area (Å²) < 4.78 is 6.47. The van der Waals surface area contributed by atoms with Crippen molar-refractivity contribution in [1.29, 1.82) is 0 Å². The third-order valence-electron chi connectivity index (χ3n) is 4.13. The lowest BCUT2D eigenvalue weighted by Gasteiger charge is -2.11. The van der Waals surface area contributed by atoms with E-state index in [1.54, 1.807) is 48.5 Å². The first-order valence-electron chi connectivity index (χ1n) is 8.85. The number of carbonyl (C=O) groups is 2. The van der Waals surface area contributed by atoms with Crippen molar-refractivity contribution in [3.05, 3.63) is 76.1 Å². The molecule has 1 N–H and O–H groups in total. The highest BCUT2D eigenvalue weighted by Gasteiger charge is 2.15. The molecule has 0 fully saturated rings. The molecular formula is C21H18ClN3O4S. The molecule has 0 atom stereocenters. The Morgan fingerprint density at radius 2 is 2.00 bits per heavy atom. The summed E-state index contributed by atoms with van der Waals surface area (Å²) in [5.74, 6) is -0.523. The smallest absolute Gasteiger partial charge is 0.262 e. The Kier molecular flexibility index (Phi) is 6.91. The Morgan fingerprint density at radius 1 is 1.27 bits per heavy atom. The first kappa shape index (κ1) is 21.6. The second-order valence-corrected chi connectivity index (χ2v) is 7.53. The Hall–Kier alpha value is -3.10. The average Bonchev–Trinajstić information content (AvgIpc) is 2.74. The van der Waals surface area contributed by atoms with Crippen LogP contribution >= 0.6 is 23.4 Å². The van der Waals surface area contributed by atoms with Gasteiger partial charge in [0.1, 0.15) is 5.75 Å². The van der Waals surface area contributed by atoms with Crippen LogP contribution in [0.25, 0.3) is 10.9 Å². The van der Waals surface area contributed by atoms with Gasteiger partial charge < -0.3 is 4.74 Å². The third-order valence-corrected chi connectivity index (χ3v) is 5.34. The first-order chi connectivity index (χ1) is 14.4. The normalized spacial score (nSPS) is 10.6. The van der Waals surface area contributed by atoms with E-state index in [0.29, 0.717) is 32.4 Å². The molecule has 30 heavy (non-hydrogen) atoms. The number of methoxy groups -OCH3 is 1. The van der Waals surface area contributed by atoms with Gasteiger partial charge in [-0.15, -0.1) is 6.58 Å². The van der Waals surface area contributed by atoms with E-state index in [1.807, 2.05) is 0 Å². The van der Waals surface area contributed by atoms with E-state index in [9.17, 15) is 14.4 Å². The standard InChI is InChI=1S/C21H18ClN3O4S/c1-3-10-25-20(28)16-9-6-14(22)11-17(16)23-21(25)30-12-18(26)24-19(27)13-4-7-15(29-2)8-5-13/h3-9,11H,1,10,12H2,2H3,(H,24,26,27). The van der Waals surface area contributed by atoms with Crippen LogP contribution in [0.2, 0.25) is 5.02 Å². The maximum Gasteiger partial charge on any atom is 0.262 e. The van der Waals surface area contributed by atoms with Gasteiger partial charge in [0.15, 0.2) is 5.16 Å². The van der Waals surface area contributed by atoms with Gasteiger partial charge >= 0.3 is 0 Å². The molecule has 7 nitrogen and oxygen atoms in total. The van der Waals surface area contributed by atoms with Crippen molar-refractivity contribution >= 4 is 46.1 Å². The molecule has 1 heterocycles. The predicted octanol–water partition coefficient (Wildman–Crippen LogP) is 3.29. The molecule has 0 spiro atoms. The zero-order valence-corrected chi connectivity index (χ0v) is 17.6. The number of imide groups is 1. The summed E-state index contributed by atoms with van der Waals surface area (Å²) in [4.78, 5) is 41.7. The monoisotopic (exact) mass is 443 g/mol. The van der Waals surface area contributed by atoms with Gasteiger partial charge in [0.25, 0.3) is 11.5 Å². The molecule has 0 saturated carbocycles. The van der Waals surface area contributed by atoms with Crippen LogP contribution in [0.5, 0.6) is 5.75 Å². The largest absolute Gasteiger partial charge is 0.497 e. The van der Waals surface area contributed by atoms with Gasteiger partial charge in [0.2, 0.25) is 5.91 Å². The fourth-order valence-corrected chi connectivity index (χ4v) is 3.66. The number of amides is 2. The van der Waals surface area contributed by atoms with Crippen LogP contribution < -0.4 is 15.6 Å². The second kappa shape index (κ2) is 9.60. The van der Waals surface area contributed by atoms with Crippen LogP contribution in [0.4, 0.5) is 0 Å². The molecule has 0 unspecified atom stereocenters. The zero-order chi connectivity index (χ0) is 21.7. The van der Waals surface area contributed by atoms with Crippen LogP contribution in [0.3, 0.4) is 0 Å². The van der Waals surface area contributed by atoms with Crippen molar-refractivity contribution in [3.63, 3.8) is 0 Å². The van der Waals surface area contributed by atoms with Crippen molar-refractivity contribution in [2.75, 3.05) is 12.9 Å². The molecule has 2 amide bonds. The van der Waals surface area contributed by atoms with Gasteiger partial charge in [0, 0.05) is 17.1 Å². The SMILES string of the molecule is C=CCn1c(SCC(=O)NC(=O)c2ccc(OC)cc2)nc2cc(Cl)ccc2c1=O. The molecule has 9 heteroatoms. The lowest BCUT2D eigenvalue weighted by Crippen LogP contribution is -2.32. The van der Waals surface area contributed by atoms with E-state index in [4.69, 9.17) is 16.3 Å². The third kappa shape index (κ3) is 4.90. The fourth-order valence-electron chi connectivity index (χ4n) is 2.68. The first-order valence-corrected chi connectivity index (χ1v) is 10.2. The van der Waals surface area contributed by atoms with Crippen molar-refractivity contribution in [2.45, 2.75) is 11.7 Å². The lowest BCUT2D eigenvalue weighted by atomic mass is 10.2. The number of rotatable bonds is 7. The molecule has 1 aromatic heterocycles. The van der Waals surface area contributed by atoms with Crippen molar-refractivity contribution in [1.82, 2.24) is 14.9 Å². The summed E-state index contributed by atoms with van der Waals surface area (Å²) >= 11 is 7.06. The molecule has 0 radical (unpaired) electrons. The number of carbonyl (C=O) groups excluding carboxylic acids is 2. The fraction of sp³-hybridized carbons (Fsp3) is 0.143. The molecule has 3 aromatic rings. The average molecular weight is 444 g/mol. The van der Waals surface area contributed by atoms with Crippen molar-refractivity contribution in [3.8, 4) is 5.75 Å². The van der Waals surface area contributed by atoms with Gasteiger partial charge in [-0.05, 0) is 42.5 Å². The molecule has 3 rings (SSSR count). The van der Waals surface area contributed by atoms with Crippen LogP contribution in [0.15, 0.2) is 65.1 Å². The number of nitrogens with one attached hydrogen (secondary N) is 1. The predicted molar refractivity (Wildman–Crippen MR) is 117 cm³/mol. The Morgan fingerprint density at radius 3 is 2.67 bits per heavy atom. The highest BCUT2D eigenvalue weighted by Crippen LogP contribution is 2.20. The Bertz CT molecular complexity index is 1180. The second-order valence-electron chi connectivity index (χ2n) is 6.15. The van der Waals surface area contributed by atoms with E-state index >= 15 is 0 Å². The van der Waals surface area contributed by atoms with E-state index in [1.165, 1.54) is 11.7 Å². The number of hydrogen-bond donors (Lipinski definition) is 1. The number of aromatic nitrogens is 2. The maximum atomic E-state index is 12.8. The summed E-state index contributed by atoms with van der Waals surface area (Å²) in [6.45, 7) is 3.90. The van der Waals surface area contributed by atoms with E-state index in [-0.39, 0.29) is 17.9 Å². The summed E-state index contributed by atoms with van der Waals surface area (Å²) in [5, 5.41) is 3.53. The van der Waals surface area contributed by atoms with Gasteiger partial charge in [-0.25, -0.2) is 4.98 Å². The van der Waals surface area contributed by atoms with Gasteiger partial charge in [-0.2, -0.15) is 0 Å². The molecule has 0 bridgehead atoms. The van der Waals surface area contributed by atoms with Crippen molar-refractivity contribution in [2.24, 2.45) is 0 Å². The van der Waals surface area contributed by atoms with Crippen molar-refractivity contribution < 1.29 is 14.3 Å². The number of ether oxygens (including phenoxy) is 1. The van der Waals surface area contributed by atoms with E-state index in [2.05, 4.69) is 16.9 Å². The molecule has 0 saturated heterocycles. The minimum atomic E-state index is -0.523. The molecule has 2 aromatic carbocycles. The van der Waals surface area contributed by atoms with Crippen LogP contribution in [-0.2, 0) is 11.3 Å². The van der Waals surface area contributed by atoms with E-state index < -0.39 is 11.8 Å². The number of allylic oxidation sites excluding steroid dienone is 1. The number of benzene rings is 2. The summed E-state index contributed by atoms with van der Waals surface area (Å²) in [5.41, 5.74) is 0.509. The quantitative estimate of drug-likeness (QED) is 0.342. The summed E-state index contributed by atoms with van der Waals surface area (Å²) in [6.07, 6.45) is 1.57. The topological polar surface area (TPSA) is 90.3 Å². The maximum absolute atomic E-state index is 12.8. The number of halogens is 1.